The van der Waals surface area contributed by atoms with Crippen molar-refractivity contribution in [2.24, 2.45) is 0 Å². The van der Waals surface area contributed by atoms with Crippen LogP contribution in [0.15, 0.2) is 42.5 Å². The van der Waals surface area contributed by atoms with Gasteiger partial charge in [0.1, 0.15) is 0 Å². The van der Waals surface area contributed by atoms with Crippen molar-refractivity contribution in [3.8, 4) is 0 Å². The van der Waals surface area contributed by atoms with Gasteiger partial charge >= 0.3 is 0 Å². The maximum atomic E-state index is 12.5. The van der Waals surface area contributed by atoms with Gasteiger partial charge in [0.05, 0.1) is 11.1 Å². The SMILES string of the molecule is Cc1ccc2c(c1)C(=O)N(CCCC(=O)NCc1ccc(N3CCCC3=O)cc1)C2=O. The third-order valence-corrected chi connectivity index (χ3v) is 5.72. The molecule has 4 rings (SSSR count). The van der Waals surface area contributed by atoms with Crippen LogP contribution in [0.25, 0.3) is 0 Å². The Kier molecular flexibility index (Phi) is 5.84. The average Bonchev–Trinajstić information content (AvgIpc) is 3.29. The second kappa shape index (κ2) is 8.71. The molecule has 7 heteroatoms. The number of carbonyl (C=O) groups excluding carboxylic acids is 4. The van der Waals surface area contributed by atoms with E-state index in [4.69, 9.17) is 0 Å². The van der Waals surface area contributed by atoms with E-state index in [1.807, 2.05) is 37.3 Å². The minimum atomic E-state index is -0.294. The largest absolute Gasteiger partial charge is 0.352 e. The van der Waals surface area contributed by atoms with Gasteiger partial charge in [0.2, 0.25) is 11.8 Å². The topological polar surface area (TPSA) is 86.8 Å². The monoisotopic (exact) mass is 419 g/mol. The van der Waals surface area contributed by atoms with E-state index in [1.165, 1.54) is 4.90 Å². The number of fused-ring (bicyclic) bond motifs is 1. The second-order valence-corrected chi connectivity index (χ2v) is 8.01. The van der Waals surface area contributed by atoms with E-state index in [9.17, 15) is 19.2 Å². The Morgan fingerprint density at radius 2 is 1.74 bits per heavy atom. The smallest absolute Gasteiger partial charge is 0.261 e. The van der Waals surface area contributed by atoms with Gasteiger partial charge in [-0.25, -0.2) is 0 Å². The number of rotatable bonds is 7. The summed E-state index contributed by atoms with van der Waals surface area (Å²) >= 11 is 0. The van der Waals surface area contributed by atoms with Crippen LogP contribution in [-0.2, 0) is 16.1 Å². The van der Waals surface area contributed by atoms with Crippen molar-refractivity contribution < 1.29 is 19.2 Å². The van der Waals surface area contributed by atoms with Gasteiger partial charge in [-0.3, -0.25) is 24.1 Å². The molecule has 160 valence electrons. The Hall–Kier alpha value is -3.48. The maximum Gasteiger partial charge on any atom is 0.261 e. The van der Waals surface area contributed by atoms with Gasteiger partial charge in [-0.1, -0.05) is 23.8 Å². The van der Waals surface area contributed by atoms with Crippen LogP contribution in [0.3, 0.4) is 0 Å². The van der Waals surface area contributed by atoms with Crippen LogP contribution in [0.1, 0.15) is 57.5 Å². The number of hydrogen-bond donors (Lipinski definition) is 1. The zero-order valence-corrected chi connectivity index (χ0v) is 17.5. The van der Waals surface area contributed by atoms with E-state index in [-0.39, 0.29) is 36.6 Å². The van der Waals surface area contributed by atoms with Crippen LogP contribution in [0.2, 0.25) is 0 Å². The van der Waals surface area contributed by atoms with Crippen LogP contribution in [0, 0.1) is 6.92 Å². The molecule has 31 heavy (non-hydrogen) atoms. The Labute approximate surface area is 181 Å². The average molecular weight is 419 g/mol. The van der Waals surface area contributed by atoms with E-state index in [0.717, 1.165) is 29.8 Å². The molecule has 7 nitrogen and oxygen atoms in total. The van der Waals surface area contributed by atoms with Crippen molar-refractivity contribution in [2.45, 2.75) is 39.2 Å². The molecule has 0 aromatic heterocycles. The molecule has 0 saturated carbocycles. The van der Waals surface area contributed by atoms with Crippen molar-refractivity contribution >= 4 is 29.3 Å². The zero-order valence-electron chi connectivity index (χ0n) is 17.5. The number of nitrogens with one attached hydrogen (secondary N) is 1. The fraction of sp³-hybridized carbons (Fsp3) is 0.333. The number of benzene rings is 2. The third kappa shape index (κ3) is 4.35. The van der Waals surface area contributed by atoms with Crippen molar-refractivity contribution in [1.29, 1.82) is 0 Å². The van der Waals surface area contributed by atoms with E-state index < -0.39 is 0 Å². The summed E-state index contributed by atoms with van der Waals surface area (Å²) in [4.78, 5) is 51.9. The Morgan fingerprint density at radius 3 is 2.45 bits per heavy atom. The molecule has 2 aromatic rings. The van der Waals surface area contributed by atoms with Gasteiger partial charge in [0.25, 0.3) is 11.8 Å². The van der Waals surface area contributed by atoms with E-state index in [1.54, 1.807) is 17.0 Å². The molecule has 0 radical (unpaired) electrons. The predicted octanol–water partition coefficient (Wildman–Crippen LogP) is 2.81. The number of nitrogens with zero attached hydrogens (tertiary/aromatic N) is 2. The highest BCUT2D eigenvalue weighted by atomic mass is 16.2. The quantitative estimate of drug-likeness (QED) is 0.699. The third-order valence-electron chi connectivity index (χ3n) is 5.72. The lowest BCUT2D eigenvalue weighted by Crippen LogP contribution is -2.32. The molecule has 1 N–H and O–H groups in total. The van der Waals surface area contributed by atoms with E-state index >= 15 is 0 Å². The molecule has 0 aliphatic carbocycles. The maximum absolute atomic E-state index is 12.5. The number of anilines is 1. The summed E-state index contributed by atoms with van der Waals surface area (Å²) < 4.78 is 0. The summed E-state index contributed by atoms with van der Waals surface area (Å²) in [7, 11) is 0. The lowest BCUT2D eigenvalue weighted by Gasteiger charge is -2.16. The first kappa shape index (κ1) is 20.8. The fourth-order valence-electron chi connectivity index (χ4n) is 4.01. The summed E-state index contributed by atoms with van der Waals surface area (Å²) in [6, 6.07) is 12.8. The number of amides is 4. The van der Waals surface area contributed by atoms with E-state index in [0.29, 0.717) is 30.5 Å². The molecule has 2 aromatic carbocycles. The second-order valence-electron chi connectivity index (χ2n) is 8.01. The highest BCUT2D eigenvalue weighted by Gasteiger charge is 2.34. The highest BCUT2D eigenvalue weighted by Crippen LogP contribution is 2.24. The molecule has 2 heterocycles. The van der Waals surface area contributed by atoms with Crippen molar-refractivity contribution in [3.05, 3.63) is 64.7 Å². The first-order valence-corrected chi connectivity index (χ1v) is 10.6. The number of aryl methyl sites for hydroxylation is 1. The molecular formula is C24H25N3O4. The zero-order chi connectivity index (χ0) is 22.0. The lowest BCUT2D eigenvalue weighted by molar-refractivity contribution is -0.121. The van der Waals surface area contributed by atoms with Crippen LogP contribution in [-0.4, -0.2) is 41.6 Å². The van der Waals surface area contributed by atoms with Crippen molar-refractivity contribution in [1.82, 2.24) is 10.2 Å². The fourth-order valence-corrected chi connectivity index (χ4v) is 4.01. The molecule has 0 spiro atoms. The normalized spacial score (nSPS) is 15.6. The van der Waals surface area contributed by atoms with Crippen molar-refractivity contribution in [3.63, 3.8) is 0 Å². The van der Waals surface area contributed by atoms with Gasteiger partial charge in [-0.2, -0.15) is 0 Å². The molecule has 1 saturated heterocycles. The summed E-state index contributed by atoms with van der Waals surface area (Å²) in [6.07, 6.45) is 2.12. The number of carbonyl (C=O) groups is 4. The number of hydrogen-bond acceptors (Lipinski definition) is 4. The first-order chi connectivity index (χ1) is 14.9. The molecule has 0 atom stereocenters. The van der Waals surface area contributed by atoms with Gasteiger partial charge in [0, 0.05) is 38.2 Å². The molecule has 4 amide bonds. The Balaban J connectivity index is 1.23. The molecule has 2 aliphatic rings. The Bertz CT molecular complexity index is 1050. The summed E-state index contributed by atoms with van der Waals surface area (Å²) in [5, 5.41) is 2.86. The molecule has 1 fully saturated rings. The summed E-state index contributed by atoms with van der Waals surface area (Å²) in [6.45, 7) is 3.24. The minimum Gasteiger partial charge on any atom is -0.352 e. The van der Waals surface area contributed by atoms with Crippen LogP contribution in [0.4, 0.5) is 5.69 Å². The van der Waals surface area contributed by atoms with Crippen LogP contribution in [0.5, 0.6) is 0 Å². The van der Waals surface area contributed by atoms with Gasteiger partial charge in [-0.15, -0.1) is 0 Å². The molecular weight excluding hydrogens is 394 g/mol. The molecule has 0 bridgehead atoms. The predicted molar refractivity (Wildman–Crippen MR) is 116 cm³/mol. The van der Waals surface area contributed by atoms with Gasteiger partial charge in [-0.05, 0) is 49.6 Å². The van der Waals surface area contributed by atoms with Crippen molar-refractivity contribution in [2.75, 3.05) is 18.0 Å². The van der Waals surface area contributed by atoms with Crippen LogP contribution >= 0.6 is 0 Å². The van der Waals surface area contributed by atoms with Gasteiger partial charge in [0.15, 0.2) is 0 Å². The highest BCUT2D eigenvalue weighted by molar-refractivity contribution is 6.21. The number of imide groups is 1. The molecule has 0 unspecified atom stereocenters. The first-order valence-electron chi connectivity index (χ1n) is 10.6. The Morgan fingerprint density at radius 1 is 1.00 bits per heavy atom. The lowest BCUT2D eigenvalue weighted by atomic mass is 10.1. The van der Waals surface area contributed by atoms with Gasteiger partial charge < -0.3 is 10.2 Å². The molecule has 2 aliphatic heterocycles. The minimum absolute atomic E-state index is 0.133. The standard InChI is InChI=1S/C24H25N3O4/c1-16-6-11-19-20(14-16)24(31)27(23(19)30)13-2-4-21(28)25-15-17-7-9-18(10-8-17)26-12-3-5-22(26)29/h6-11,14H,2-5,12-13,15H2,1H3,(H,25,28). The summed E-state index contributed by atoms with van der Waals surface area (Å²) in [5.41, 5.74) is 3.63. The van der Waals surface area contributed by atoms with E-state index in [2.05, 4.69) is 5.32 Å². The van der Waals surface area contributed by atoms with Crippen LogP contribution < -0.4 is 10.2 Å². The summed E-state index contributed by atoms with van der Waals surface area (Å²) in [5.74, 6) is -0.571.